The van der Waals surface area contributed by atoms with Crippen LogP contribution in [-0.4, -0.2) is 12.6 Å². The lowest BCUT2D eigenvalue weighted by Gasteiger charge is -2.12. The summed E-state index contributed by atoms with van der Waals surface area (Å²) in [7, 11) is 0. The quantitative estimate of drug-likeness (QED) is 0.726. The first kappa shape index (κ1) is 13.8. The van der Waals surface area contributed by atoms with Crippen molar-refractivity contribution in [1.29, 1.82) is 0 Å². The monoisotopic (exact) mass is 234 g/mol. The number of hydrogen-bond donors (Lipinski definition) is 0. The topological polar surface area (TPSA) is 26.3 Å². The Bertz CT molecular complexity index is 367. The van der Waals surface area contributed by atoms with E-state index in [1.165, 1.54) is 0 Å². The minimum absolute atomic E-state index is 0.199. The molecule has 1 rings (SSSR count). The van der Waals surface area contributed by atoms with Crippen LogP contribution < -0.4 is 0 Å². The van der Waals surface area contributed by atoms with Gasteiger partial charge in [-0.05, 0) is 29.9 Å². The van der Waals surface area contributed by atoms with Gasteiger partial charge >= 0.3 is 5.97 Å². The van der Waals surface area contributed by atoms with Crippen molar-refractivity contribution in [3.63, 3.8) is 0 Å². The van der Waals surface area contributed by atoms with Gasteiger partial charge in [0.25, 0.3) is 0 Å². The zero-order valence-corrected chi connectivity index (χ0v) is 11.2. The molecule has 0 aliphatic carbocycles. The van der Waals surface area contributed by atoms with Crippen LogP contribution in [0, 0.1) is 11.8 Å². The molecular formula is C15H22O2. The highest BCUT2D eigenvalue weighted by Gasteiger charge is 2.13. The van der Waals surface area contributed by atoms with Crippen LogP contribution in [0.5, 0.6) is 0 Å². The Morgan fingerprint density at radius 2 is 1.76 bits per heavy atom. The Balaban J connectivity index is 2.78. The van der Waals surface area contributed by atoms with Gasteiger partial charge < -0.3 is 4.74 Å². The molecule has 0 heterocycles. The van der Waals surface area contributed by atoms with Crippen molar-refractivity contribution in [3.05, 3.63) is 35.4 Å². The fourth-order valence-corrected chi connectivity index (χ4v) is 1.66. The molecule has 0 spiro atoms. The largest absolute Gasteiger partial charge is 0.462 e. The fourth-order valence-electron chi connectivity index (χ4n) is 1.66. The number of hydrogen-bond acceptors (Lipinski definition) is 2. The molecule has 0 aliphatic heterocycles. The highest BCUT2D eigenvalue weighted by Crippen LogP contribution is 2.15. The van der Waals surface area contributed by atoms with Crippen molar-refractivity contribution >= 4 is 5.97 Å². The summed E-state index contributed by atoms with van der Waals surface area (Å²) in [6, 6.07) is 7.71. The van der Waals surface area contributed by atoms with Crippen LogP contribution in [0.4, 0.5) is 0 Å². The van der Waals surface area contributed by atoms with Gasteiger partial charge in [0.2, 0.25) is 0 Å². The minimum Gasteiger partial charge on any atom is -0.462 e. The molecule has 0 saturated heterocycles. The number of esters is 1. The first-order valence-corrected chi connectivity index (χ1v) is 6.25. The number of carbonyl (C=O) groups excluding carboxylic acids is 1. The van der Waals surface area contributed by atoms with E-state index in [2.05, 4.69) is 13.8 Å². The molecule has 0 unspecified atom stereocenters. The number of carbonyl (C=O) groups is 1. The third-order valence-corrected chi connectivity index (χ3v) is 2.41. The van der Waals surface area contributed by atoms with E-state index in [4.69, 9.17) is 4.74 Å². The summed E-state index contributed by atoms with van der Waals surface area (Å²) in [5, 5.41) is 0. The van der Waals surface area contributed by atoms with Crippen LogP contribution in [0.15, 0.2) is 24.3 Å². The number of rotatable bonds is 5. The minimum atomic E-state index is -0.199. The molecule has 0 bridgehead atoms. The highest BCUT2D eigenvalue weighted by molar-refractivity contribution is 5.91. The average molecular weight is 234 g/mol. The average Bonchev–Trinajstić information content (AvgIpc) is 2.25. The lowest BCUT2D eigenvalue weighted by Crippen LogP contribution is -2.13. The first-order valence-electron chi connectivity index (χ1n) is 6.25. The Labute approximate surface area is 104 Å². The smallest absolute Gasteiger partial charge is 0.338 e. The van der Waals surface area contributed by atoms with Gasteiger partial charge in [-0.3, -0.25) is 0 Å². The van der Waals surface area contributed by atoms with Crippen LogP contribution in [0.1, 0.15) is 43.6 Å². The standard InChI is InChI=1S/C15H22O2/c1-11(2)9-13-7-5-6-8-14(13)15(16)17-10-12(3)4/h5-8,11-12H,9-10H2,1-4H3. The summed E-state index contributed by atoms with van der Waals surface area (Å²) in [4.78, 5) is 11.9. The molecule has 2 heteroatoms. The lowest BCUT2D eigenvalue weighted by atomic mass is 9.98. The van der Waals surface area contributed by atoms with Crippen molar-refractivity contribution in [2.24, 2.45) is 11.8 Å². The first-order chi connectivity index (χ1) is 8.00. The maximum absolute atomic E-state index is 11.9. The zero-order chi connectivity index (χ0) is 12.8. The Morgan fingerprint density at radius 3 is 2.35 bits per heavy atom. The van der Waals surface area contributed by atoms with Crippen LogP contribution >= 0.6 is 0 Å². The van der Waals surface area contributed by atoms with Crippen LogP contribution in [-0.2, 0) is 11.2 Å². The zero-order valence-electron chi connectivity index (χ0n) is 11.2. The molecule has 0 aromatic heterocycles. The van der Waals surface area contributed by atoms with Gasteiger partial charge in [-0.25, -0.2) is 4.79 Å². The molecule has 0 fully saturated rings. The molecule has 17 heavy (non-hydrogen) atoms. The molecule has 2 nitrogen and oxygen atoms in total. The number of ether oxygens (including phenoxy) is 1. The van der Waals surface area contributed by atoms with Crippen molar-refractivity contribution in [3.8, 4) is 0 Å². The van der Waals surface area contributed by atoms with E-state index >= 15 is 0 Å². The van der Waals surface area contributed by atoms with Gasteiger partial charge in [-0.15, -0.1) is 0 Å². The molecule has 0 saturated carbocycles. The molecule has 94 valence electrons. The van der Waals surface area contributed by atoms with Crippen molar-refractivity contribution in [2.45, 2.75) is 34.1 Å². The van der Waals surface area contributed by atoms with Gasteiger partial charge in [0.05, 0.1) is 12.2 Å². The highest BCUT2D eigenvalue weighted by atomic mass is 16.5. The Morgan fingerprint density at radius 1 is 1.12 bits per heavy atom. The van der Waals surface area contributed by atoms with E-state index in [0.29, 0.717) is 24.0 Å². The third kappa shape index (κ3) is 4.59. The third-order valence-electron chi connectivity index (χ3n) is 2.41. The van der Waals surface area contributed by atoms with E-state index in [1.807, 2.05) is 38.1 Å². The molecule has 0 atom stereocenters. The summed E-state index contributed by atoms with van der Waals surface area (Å²) < 4.78 is 5.27. The van der Waals surface area contributed by atoms with Crippen molar-refractivity contribution in [1.82, 2.24) is 0 Å². The van der Waals surface area contributed by atoms with Crippen LogP contribution in [0.3, 0.4) is 0 Å². The van der Waals surface area contributed by atoms with Gasteiger partial charge in [-0.1, -0.05) is 45.9 Å². The summed E-state index contributed by atoms with van der Waals surface area (Å²) in [6.45, 7) is 8.85. The molecule has 1 aromatic carbocycles. The molecule has 1 aromatic rings. The summed E-state index contributed by atoms with van der Waals surface area (Å²) in [5.74, 6) is 0.709. The maximum atomic E-state index is 11.9. The van der Waals surface area contributed by atoms with Crippen molar-refractivity contribution < 1.29 is 9.53 Å². The summed E-state index contributed by atoms with van der Waals surface area (Å²) >= 11 is 0. The normalized spacial score (nSPS) is 10.9. The second-order valence-corrected chi connectivity index (χ2v) is 5.25. The van der Waals surface area contributed by atoms with E-state index in [-0.39, 0.29) is 5.97 Å². The van der Waals surface area contributed by atoms with Gasteiger partial charge in [0.1, 0.15) is 0 Å². The van der Waals surface area contributed by atoms with Gasteiger partial charge in [0, 0.05) is 0 Å². The molecule has 0 aliphatic rings. The van der Waals surface area contributed by atoms with E-state index in [0.717, 1.165) is 12.0 Å². The SMILES string of the molecule is CC(C)COC(=O)c1ccccc1CC(C)C. The van der Waals surface area contributed by atoms with Crippen molar-refractivity contribution in [2.75, 3.05) is 6.61 Å². The second kappa shape index (κ2) is 6.43. The summed E-state index contributed by atoms with van der Waals surface area (Å²) in [5.41, 5.74) is 1.79. The fraction of sp³-hybridized carbons (Fsp3) is 0.533. The lowest BCUT2D eigenvalue weighted by molar-refractivity contribution is 0.0457. The molecule has 0 radical (unpaired) electrons. The van der Waals surface area contributed by atoms with Gasteiger partial charge in [0.15, 0.2) is 0 Å². The Kier molecular flexibility index (Phi) is 5.20. The summed E-state index contributed by atoms with van der Waals surface area (Å²) in [6.07, 6.45) is 0.910. The van der Waals surface area contributed by atoms with Crippen LogP contribution in [0.25, 0.3) is 0 Å². The predicted octanol–water partition coefficient (Wildman–Crippen LogP) is 3.70. The second-order valence-electron chi connectivity index (χ2n) is 5.25. The Hall–Kier alpha value is -1.31. The molecule has 0 amide bonds. The van der Waals surface area contributed by atoms with E-state index in [1.54, 1.807) is 0 Å². The van der Waals surface area contributed by atoms with Crippen LogP contribution in [0.2, 0.25) is 0 Å². The number of benzene rings is 1. The van der Waals surface area contributed by atoms with E-state index < -0.39 is 0 Å². The molecule has 0 N–H and O–H groups in total. The van der Waals surface area contributed by atoms with E-state index in [9.17, 15) is 4.79 Å². The van der Waals surface area contributed by atoms with Gasteiger partial charge in [-0.2, -0.15) is 0 Å². The predicted molar refractivity (Wildman–Crippen MR) is 70.1 cm³/mol. The molecular weight excluding hydrogens is 212 g/mol. The maximum Gasteiger partial charge on any atom is 0.338 e.